The monoisotopic (exact) mass is 262 g/mol. The van der Waals surface area contributed by atoms with Crippen LogP contribution >= 0.6 is 0 Å². The lowest BCUT2D eigenvalue weighted by molar-refractivity contribution is -0.134. The first-order valence-electron chi connectivity index (χ1n) is 6.64. The van der Waals surface area contributed by atoms with Crippen LogP contribution in [0.1, 0.15) is 32.8 Å². The van der Waals surface area contributed by atoms with E-state index in [0.29, 0.717) is 13.0 Å². The smallest absolute Gasteiger partial charge is 0.242 e. The van der Waals surface area contributed by atoms with Gasteiger partial charge in [-0.15, -0.1) is 0 Å². The van der Waals surface area contributed by atoms with Gasteiger partial charge in [0.25, 0.3) is 0 Å². The molecule has 1 N–H and O–H groups in total. The number of amides is 2. The lowest BCUT2D eigenvalue weighted by Crippen LogP contribution is -2.43. The Kier molecular flexibility index (Phi) is 6.06. The summed E-state index contributed by atoms with van der Waals surface area (Å²) in [5, 5.41) is 2.62. The predicted molar refractivity (Wildman–Crippen MR) is 75.4 cm³/mol. The van der Waals surface area contributed by atoms with Crippen LogP contribution in [0.2, 0.25) is 0 Å². The van der Waals surface area contributed by atoms with Gasteiger partial charge in [-0.25, -0.2) is 0 Å². The number of rotatable bonds is 6. The maximum atomic E-state index is 12.1. The molecule has 0 aromatic heterocycles. The molecule has 19 heavy (non-hydrogen) atoms. The second-order valence-corrected chi connectivity index (χ2v) is 4.73. The van der Waals surface area contributed by atoms with E-state index in [9.17, 15) is 9.59 Å². The van der Waals surface area contributed by atoms with Crippen molar-refractivity contribution in [2.45, 2.75) is 39.8 Å². The summed E-state index contributed by atoms with van der Waals surface area (Å²) in [7, 11) is 0. The van der Waals surface area contributed by atoms with Crippen molar-refractivity contribution >= 4 is 11.8 Å². The van der Waals surface area contributed by atoms with E-state index < -0.39 is 0 Å². The maximum Gasteiger partial charge on any atom is 0.242 e. The number of hydrogen-bond donors (Lipinski definition) is 1. The highest BCUT2D eigenvalue weighted by molar-refractivity contribution is 5.84. The molecule has 1 aromatic carbocycles. The minimum atomic E-state index is -0.100. The van der Waals surface area contributed by atoms with Crippen LogP contribution in [-0.4, -0.2) is 29.3 Å². The van der Waals surface area contributed by atoms with Crippen LogP contribution in [0.5, 0.6) is 0 Å². The first-order chi connectivity index (χ1) is 9.04. The molecule has 0 radical (unpaired) electrons. The summed E-state index contributed by atoms with van der Waals surface area (Å²) < 4.78 is 0. The number of nitrogens with zero attached hydrogens (tertiary/aromatic N) is 1. The summed E-state index contributed by atoms with van der Waals surface area (Å²) in [5.74, 6) is -0.155. The summed E-state index contributed by atoms with van der Waals surface area (Å²) in [6.45, 7) is 6.35. The van der Waals surface area contributed by atoms with Crippen molar-refractivity contribution in [1.29, 1.82) is 0 Å². The number of carbonyl (C=O) groups is 2. The predicted octanol–water partition coefficient (Wildman–Crippen LogP) is 1.95. The average Bonchev–Trinajstić information content (AvgIpc) is 2.42. The van der Waals surface area contributed by atoms with Gasteiger partial charge in [-0.3, -0.25) is 9.59 Å². The standard InChI is InChI=1S/C15H22N2O2/c1-4-14(18)16-10-15(19)17(12(2)3)11-13-8-6-5-7-9-13/h5-9,12H,4,10-11H2,1-3H3,(H,16,18). The van der Waals surface area contributed by atoms with E-state index in [0.717, 1.165) is 5.56 Å². The van der Waals surface area contributed by atoms with Crippen molar-refractivity contribution in [2.75, 3.05) is 6.54 Å². The number of carbonyl (C=O) groups excluding carboxylic acids is 2. The molecule has 0 aliphatic heterocycles. The van der Waals surface area contributed by atoms with Crippen LogP contribution in [0.4, 0.5) is 0 Å². The molecule has 0 spiro atoms. The van der Waals surface area contributed by atoms with Crippen molar-refractivity contribution < 1.29 is 9.59 Å². The van der Waals surface area contributed by atoms with Crippen LogP contribution in [0, 0.1) is 0 Å². The van der Waals surface area contributed by atoms with Crippen molar-refractivity contribution in [3.05, 3.63) is 35.9 Å². The van der Waals surface area contributed by atoms with Gasteiger partial charge in [-0.1, -0.05) is 37.3 Å². The van der Waals surface area contributed by atoms with Crippen LogP contribution in [0.15, 0.2) is 30.3 Å². The average molecular weight is 262 g/mol. The van der Waals surface area contributed by atoms with Crippen LogP contribution in [0.25, 0.3) is 0 Å². The fraction of sp³-hybridized carbons (Fsp3) is 0.467. The molecular formula is C15H22N2O2. The Morgan fingerprint density at radius 2 is 1.84 bits per heavy atom. The normalized spacial score (nSPS) is 10.3. The van der Waals surface area contributed by atoms with E-state index in [2.05, 4.69) is 5.32 Å². The zero-order chi connectivity index (χ0) is 14.3. The molecule has 4 nitrogen and oxygen atoms in total. The first-order valence-corrected chi connectivity index (χ1v) is 6.64. The quantitative estimate of drug-likeness (QED) is 0.852. The zero-order valence-electron chi connectivity index (χ0n) is 11.8. The first kappa shape index (κ1) is 15.2. The van der Waals surface area contributed by atoms with Gasteiger partial charge in [-0.2, -0.15) is 0 Å². The van der Waals surface area contributed by atoms with Crippen molar-refractivity contribution in [2.24, 2.45) is 0 Å². The Balaban J connectivity index is 2.62. The maximum absolute atomic E-state index is 12.1. The van der Waals surface area contributed by atoms with Crippen molar-refractivity contribution in [3.8, 4) is 0 Å². The molecule has 1 rings (SSSR count). The summed E-state index contributed by atoms with van der Waals surface area (Å²) >= 11 is 0. The van der Waals surface area contributed by atoms with E-state index in [4.69, 9.17) is 0 Å². The highest BCUT2D eigenvalue weighted by Crippen LogP contribution is 2.08. The highest BCUT2D eigenvalue weighted by Gasteiger charge is 2.17. The molecular weight excluding hydrogens is 240 g/mol. The zero-order valence-corrected chi connectivity index (χ0v) is 11.8. The molecule has 0 unspecified atom stereocenters. The van der Waals surface area contributed by atoms with Gasteiger partial charge in [0.2, 0.25) is 11.8 Å². The minimum absolute atomic E-state index is 0.0550. The van der Waals surface area contributed by atoms with E-state index in [-0.39, 0.29) is 24.4 Å². The molecule has 0 aliphatic carbocycles. The molecule has 104 valence electrons. The van der Waals surface area contributed by atoms with Gasteiger partial charge in [0.15, 0.2) is 0 Å². The molecule has 4 heteroatoms. The largest absolute Gasteiger partial charge is 0.347 e. The topological polar surface area (TPSA) is 49.4 Å². The van der Waals surface area contributed by atoms with Gasteiger partial charge < -0.3 is 10.2 Å². The van der Waals surface area contributed by atoms with Crippen molar-refractivity contribution in [3.63, 3.8) is 0 Å². The van der Waals surface area contributed by atoms with Crippen LogP contribution in [0.3, 0.4) is 0 Å². The fourth-order valence-corrected chi connectivity index (χ4v) is 1.74. The lowest BCUT2D eigenvalue weighted by atomic mass is 10.2. The molecule has 0 fully saturated rings. The second-order valence-electron chi connectivity index (χ2n) is 4.73. The SMILES string of the molecule is CCC(=O)NCC(=O)N(Cc1ccccc1)C(C)C. The third-order valence-corrected chi connectivity index (χ3v) is 2.90. The summed E-state index contributed by atoms with van der Waals surface area (Å²) in [4.78, 5) is 25.1. The molecule has 2 amide bonds. The van der Waals surface area contributed by atoms with Crippen LogP contribution in [-0.2, 0) is 16.1 Å². The van der Waals surface area contributed by atoms with Gasteiger partial charge >= 0.3 is 0 Å². The Morgan fingerprint density at radius 1 is 1.21 bits per heavy atom. The minimum Gasteiger partial charge on any atom is -0.347 e. The van der Waals surface area contributed by atoms with Crippen molar-refractivity contribution in [1.82, 2.24) is 10.2 Å². The molecule has 0 aliphatic rings. The fourth-order valence-electron chi connectivity index (χ4n) is 1.74. The molecule has 0 bridgehead atoms. The molecule has 1 aromatic rings. The Morgan fingerprint density at radius 3 is 2.37 bits per heavy atom. The van der Waals surface area contributed by atoms with E-state index in [1.54, 1.807) is 11.8 Å². The number of hydrogen-bond acceptors (Lipinski definition) is 2. The van der Waals surface area contributed by atoms with Gasteiger partial charge in [0.05, 0.1) is 6.54 Å². The van der Waals surface area contributed by atoms with Gasteiger partial charge in [-0.05, 0) is 19.4 Å². The lowest BCUT2D eigenvalue weighted by Gasteiger charge is -2.27. The Bertz CT molecular complexity index is 415. The molecule has 0 heterocycles. The number of nitrogens with one attached hydrogen (secondary N) is 1. The van der Waals surface area contributed by atoms with E-state index in [1.807, 2.05) is 44.2 Å². The number of benzene rings is 1. The summed E-state index contributed by atoms with van der Waals surface area (Å²) in [5.41, 5.74) is 1.09. The third-order valence-electron chi connectivity index (χ3n) is 2.90. The summed E-state index contributed by atoms with van der Waals surface area (Å²) in [6.07, 6.45) is 0.396. The Labute approximate surface area is 114 Å². The molecule has 0 saturated heterocycles. The van der Waals surface area contributed by atoms with E-state index >= 15 is 0 Å². The van der Waals surface area contributed by atoms with Gasteiger partial charge in [0, 0.05) is 19.0 Å². The Hall–Kier alpha value is -1.84. The molecule has 0 saturated carbocycles. The van der Waals surface area contributed by atoms with E-state index in [1.165, 1.54) is 0 Å². The van der Waals surface area contributed by atoms with Gasteiger partial charge in [0.1, 0.15) is 0 Å². The highest BCUT2D eigenvalue weighted by atomic mass is 16.2. The molecule has 0 atom stereocenters. The third kappa shape index (κ3) is 5.12. The summed E-state index contributed by atoms with van der Waals surface area (Å²) in [6, 6.07) is 9.95. The van der Waals surface area contributed by atoms with Crippen LogP contribution < -0.4 is 5.32 Å². The second kappa shape index (κ2) is 7.56.